The van der Waals surface area contributed by atoms with Crippen LogP contribution in [0.25, 0.3) is 6.08 Å². The van der Waals surface area contributed by atoms with Crippen LogP contribution >= 0.6 is 0 Å². The van der Waals surface area contributed by atoms with Crippen molar-refractivity contribution in [1.82, 2.24) is 0 Å². The van der Waals surface area contributed by atoms with Crippen molar-refractivity contribution in [3.05, 3.63) is 99.2 Å². The smallest absolute Gasteiger partial charge is 0.363 e. The molecule has 3 aromatic carbocycles. The topological polar surface area (TPSA) is 127 Å². The maximum atomic E-state index is 12.4. The first kappa shape index (κ1) is 23.2. The van der Waals surface area contributed by atoms with Gasteiger partial charge in [-0.15, -0.1) is 0 Å². The van der Waals surface area contributed by atoms with Crippen molar-refractivity contribution in [2.45, 2.75) is 0 Å². The van der Waals surface area contributed by atoms with Crippen molar-refractivity contribution in [3.63, 3.8) is 0 Å². The van der Waals surface area contributed by atoms with E-state index in [9.17, 15) is 19.7 Å². The van der Waals surface area contributed by atoms with E-state index in [4.69, 9.17) is 18.9 Å². The van der Waals surface area contributed by atoms with Gasteiger partial charge in [-0.3, -0.25) is 10.1 Å². The van der Waals surface area contributed by atoms with E-state index in [1.807, 2.05) is 0 Å². The summed E-state index contributed by atoms with van der Waals surface area (Å²) in [6.07, 6.45) is 1.52. The van der Waals surface area contributed by atoms with Crippen LogP contribution in [0.5, 0.6) is 17.2 Å². The molecular weight excluding hydrogens is 456 g/mol. The van der Waals surface area contributed by atoms with Gasteiger partial charge in [0.15, 0.2) is 17.2 Å². The second kappa shape index (κ2) is 9.87. The number of nitro benzene ring substituents is 1. The maximum Gasteiger partial charge on any atom is 0.363 e. The number of hydrogen-bond donors (Lipinski definition) is 0. The number of aliphatic imine (C=N–C) groups is 1. The predicted molar refractivity (Wildman–Crippen MR) is 125 cm³/mol. The fourth-order valence-electron chi connectivity index (χ4n) is 3.16. The Hall–Kier alpha value is -4.99. The number of cyclic esters (lactones) is 1. The molecule has 0 aromatic heterocycles. The second-order valence-corrected chi connectivity index (χ2v) is 7.17. The number of hydrogen-bond acceptors (Lipinski definition) is 9. The molecule has 35 heavy (non-hydrogen) atoms. The summed E-state index contributed by atoms with van der Waals surface area (Å²) >= 11 is 0. The van der Waals surface area contributed by atoms with Gasteiger partial charge in [0, 0.05) is 17.7 Å². The van der Waals surface area contributed by atoms with Crippen LogP contribution in [0.4, 0.5) is 5.69 Å². The minimum absolute atomic E-state index is 0.0912. The minimum atomic E-state index is -0.711. The highest BCUT2D eigenvalue weighted by Crippen LogP contribution is 2.31. The van der Waals surface area contributed by atoms with Gasteiger partial charge in [-0.05, 0) is 60.2 Å². The maximum absolute atomic E-state index is 12.4. The van der Waals surface area contributed by atoms with Crippen LogP contribution in [0.2, 0.25) is 0 Å². The molecule has 0 aliphatic carbocycles. The molecule has 0 saturated carbocycles. The Kier molecular flexibility index (Phi) is 6.54. The Balaban J connectivity index is 1.53. The van der Waals surface area contributed by atoms with Gasteiger partial charge in [0.05, 0.1) is 24.7 Å². The molecule has 10 heteroatoms. The van der Waals surface area contributed by atoms with Crippen LogP contribution < -0.4 is 14.2 Å². The second-order valence-electron chi connectivity index (χ2n) is 7.17. The number of nitro groups is 1. The minimum Gasteiger partial charge on any atom is -0.497 e. The van der Waals surface area contributed by atoms with Gasteiger partial charge < -0.3 is 18.9 Å². The Morgan fingerprint density at radius 3 is 2.31 bits per heavy atom. The lowest BCUT2D eigenvalue weighted by atomic mass is 10.1. The van der Waals surface area contributed by atoms with Crippen LogP contribution in [0.15, 0.2) is 77.4 Å². The van der Waals surface area contributed by atoms with E-state index in [0.29, 0.717) is 16.9 Å². The van der Waals surface area contributed by atoms with E-state index < -0.39 is 16.9 Å². The zero-order valence-electron chi connectivity index (χ0n) is 18.6. The largest absolute Gasteiger partial charge is 0.497 e. The Bertz CT molecular complexity index is 1360. The molecule has 0 fully saturated rings. The molecule has 4 rings (SSSR count). The molecule has 1 aliphatic heterocycles. The third-order valence-electron chi connectivity index (χ3n) is 4.97. The SMILES string of the molecule is COc1ccc(C2=N/C(=C/c3ccc(OC(=O)c4ccc([N+](=O)[O-])cc4)c(OC)c3)C(=O)O2)cc1. The lowest BCUT2D eigenvalue weighted by molar-refractivity contribution is -0.384. The van der Waals surface area contributed by atoms with Gasteiger partial charge in [0.25, 0.3) is 5.69 Å². The monoisotopic (exact) mass is 474 g/mol. The lowest BCUT2D eigenvalue weighted by Crippen LogP contribution is -2.09. The first-order valence-electron chi connectivity index (χ1n) is 10.2. The highest BCUT2D eigenvalue weighted by molar-refractivity contribution is 6.12. The highest BCUT2D eigenvalue weighted by Gasteiger charge is 2.24. The van der Waals surface area contributed by atoms with E-state index in [2.05, 4.69) is 4.99 Å². The fraction of sp³-hybridized carbons (Fsp3) is 0.0800. The molecule has 0 unspecified atom stereocenters. The first-order chi connectivity index (χ1) is 16.9. The van der Waals surface area contributed by atoms with E-state index in [-0.39, 0.29) is 34.3 Å². The number of ether oxygens (including phenoxy) is 4. The number of rotatable bonds is 7. The molecule has 0 bridgehead atoms. The highest BCUT2D eigenvalue weighted by atomic mass is 16.6. The van der Waals surface area contributed by atoms with Gasteiger partial charge in [-0.25, -0.2) is 14.6 Å². The van der Waals surface area contributed by atoms with Gasteiger partial charge in [0.2, 0.25) is 5.90 Å². The number of benzene rings is 3. The molecule has 3 aromatic rings. The molecule has 0 radical (unpaired) electrons. The van der Waals surface area contributed by atoms with Crippen LogP contribution in [0, 0.1) is 10.1 Å². The number of esters is 2. The number of nitrogens with zero attached hydrogens (tertiary/aromatic N) is 2. The van der Waals surface area contributed by atoms with E-state index in [1.54, 1.807) is 43.5 Å². The summed E-state index contributed by atoms with van der Waals surface area (Å²) in [6.45, 7) is 0. The van der Waals surface area contributed by atoms with Crippen molar-refractivity contribution >= 4 is 29.6 Å². The summed E-state index contributed by atoms with van der Waals surface area (Å²) in [7, 11) is 2.96. The molecule has 0 N–H and O–H groups in total. The third kappa shape index (κ3) is 5.17. The van der Waals surface area contributed by atoms with E-state index in [1.165, 1.54) is 43.5 Å². The molecule has 176 valence electrons. The summed E-state index contributed by atoms with van der Waals surface area (Å²) in [5, 5.41) is 10.8. The molecule has 0 amide bonds. The lowest BCUT2D eigenvalue weighted by Gasteiger charge is -2.10. The zero-order chi connectivity index (χ0) is 24.9. The Labute approximate surface area is 199 Å². The summed E-state index contributed by atoms with van der Waals surface area (Å²) in [6, 6.07) is 16.6. The Morgan fingerprint density at radius 1 is 0.971 bits per heavy atom. The van der Waals surface area contributed by atoms with E-state index in [0.717, 1.165) is 0 Å². The number of non-ortho nitro benzene ring substituents is 1. The quantitative estimate of drug-likeness (QED) is 0.164. The standard InChI is InChI=1S/C25H18N2O8/c1-32-19-10-6-16(7-11-19)23-26-20(25(29)35-23)13-15-3-12-21(22(14-15)33-2)34-24(28)17-4-8-18(9-5-17)27(30)31/h3-14H,1-2H3/b20-13+. The summed E-state index contributed by atoms with van der Waals surface area (Å²) in [5.74, 6) is -0.115. The van der Waals surface area contributed by atoms with Gasteiger partial charge in [-0.2, -0.15) is 0 Å². The molecule has 10 nitrogen and oxygen atoms in total. The molecule has 0 saturated heterocycles. The van der Waals surface area contributed by atoms with Gasteiger partial charge >= 0.3 is 11.9 Å². The van der Waals surface area contributed by atoms with Crippen molar-refractivity contribution in [3.8, 4) is 17.2 Å². The van der Waals surface area contributed by atoms with Crippen molar-refractivity contribution in [1.29, 1.82) is 0 Å². The summed E-state index contributed by atoms with van der Waals surface area (Å²) in [4.78, 5) is 39.2. The average molecular weight is 474 g/mol. The van der Waals surface area contributed by atoms with Crippen LogP contribution in [-0.2, 0) is 9.53 Å². The summed E-state index contributed by atoms with van der Waals surface area (Å²) in [5.41, 5.74) is 1.27. The predicted octanol–water partition coefficient (Wildman–Crippen LogP) is 4.18. The number of carbonyl (C=O) groups excluding carboxylic acids is 2. The average Bonchev–Trinajstić information content (AvgIpc) is 3.24. The molecule has 0 spiro atoms. The summed E-state index contributed by atoms with van der Waals surface area (Å²) < 4.78 is 21.1. The fourth-order valence-corrected chi connectivity index (χ4v) is 3.16. The van der Waals surface area contributed by atoms with Gasteiger partial charge in [0.1, 0.15) is 5.75 Å². The van der Waals surface area contributed by atoms with Gasteiger partial charge in [-0.1, -0.05) is 6.07 Å². The van der Waals surface area contributed by atoms with Crippen LogP contribution in [-0.4, -0.2) is 37.0 Å². The first-order valence-corrected chi connectivity index (χ1v) is 10.2. The number of methoxy groups -OCH3 is 2. The normalized spacial score (nSPS) is 13.7. The van der Waals surface area contributed by atoms with Crippen molar-refractivity contribution < 1.29 is 33.5 Å². The molecule has 1 aliphatic rings. The molecule has 1 heterocycles. The molecular formula is C25H18N2O8. The number of carbonyl (C=O) groups is 2. The van der Waals surface area contributed by atoms with Crippen molar-refractivity contribution in [2.24, 2.45) is 4.99 Å². The van der Waals surface area contributed by atoms with Crippen LogP contribution in [0.1, 0.15) is 21.5 Å². The third-order valence-corrected chi connectivity index (χ3v) is 4.97. The zero-order valence-corrected chi connectivity index (χ0v) is 18.6. The van der Waals surface area contributed by atoms with Crippen molar-refractivity contribution in [2.75, 3.05) is 14.2 Å². The Morgan fingerprint density at radius 2 is 1.69 bits per heavy atom. The van der Waals surface area contributed by atoms with E-state index >= 15 is 0 Å². The molecule has 0 atom stereocenters. The van der Waals surface area contributed by atoms with Crippen LogP contribution in [0.3, 0.4) is 0 Å².